The summed E-state index contributed by atoms with van der Waals surface area (Å²) in [7, 11) is 0. The normalized spacial score (nSPS) is 17.6. The van der Waals surface area contributed by atoms with Gasteiger partial charge in [-0.2, -0.15) is 0 Å². The van der Waals surface area contributed by atoms with E-state index < -0.39 is 23.4 Å². The molecule has 1 aromatic carbocycles. The van der Waals surface area contributed by atoms with Crippen molar-refractivity contribution in [2.75, 3.05) is 18.0 Å². The van der Waals surface area contributed by atoms with E-state index >= 15 is 0 Å². The summed E-state index contributed by atoms with van der Waals surface area (Å²) in [6.07, 6.45) is 2.87. The number of pyridine rings is 1. The first-order chi connectivity index (χ1) is 17.2. The maximum atomic E-state index is 13.5. The van der Waals surface area contributed by atoms with Crippen molar-refractivity contribution in [1.29, 1.82) is 0 Å². The predicted octanol–water partition coefficient (Wildman–Crippen LogP) is 7.29. The number of fused-ring (bicyclic) bond motifs is 2. The average molecular weight is 528 g/mol. The molecule has 0 N–H and O–H groups in total. The fourth-order valence-corrected chi connectivity index (χ4v) is 4.56. The summed E-state index contributed by atoms with van der Waals surface area (Å²) in [6.45, 7) is 13.8. The van der Waals surface area contributed by atoms with Gasteiger partial charge in [-0.25, -0.2) is 19.5 Å². The van der Waals surface area contributed by atoms with Gasteiger partial charge < -0.3 is 19.1 Å². The molecule has 198 valence electrons. The lowest BCUT2D eigenvalue weighted by molar-refractivity contribution is 0.0270. The van der Waals surface area contributed by atoms with E-state index in [-0.39, 0.29) is 6.09 Å². The largest absolute Gasteiger partial charge is 0.484 e. The number of carbonyl (C=O) groups excluding carboxylic acids is 2. The van der Waals surface area contributed by atoms with Gasteiger partial charge in [0.25, 0.3) is 0 Å². The van der Waals surface area contributed by atoms with Gasteiger partial charge in [-0.3, -0.25) is 0 Å². The van der Waals surface area contributed by atoms with Crippen LogP contribution >= 0.6 is 11.6 Å². The summed E-state index contributed by atoms with van der Waals surface area (Å²) in [5.41, 5.74) is 1.83. The number of carbonyl (C=O) groups is 2. The third-order valence-corrected chi connectivity index (χ3v) is 6.18. The van der Waals surface area contributed by atoms with Crippen molar-refractivity contribution in [3.05, 3.63) is 52.7 Å². The quantitative estimate of drug-likeness (QED) is 0.387. The van der Waals surface area contributed by atoms with Crippen molar-refractivity contribution < 1.29 is 23.8 Å². The molecular formula is C28H34ClN3O5. The van der Waals surface area contributed by atoms with Gasteiger partial charge in [-0.15, -0.1) is 0 Å². The highest BCUT2D eigenvalue weighted by Gasteiger charge is 2.35. The number of hydrogen-bond acceptors (Lipinski definition) is 6. The lowest BCUT2D eigenvalue weighted by Gasteiger charge is -2.30. The predicted molar refractivity (Wildman–Crippen MR) is 144 cm³/mol. The minimum absolute atomic E-state index is 0.331. The SMILES string of the molecule is CC1Oc2ccc(C3=CCN(C(=O)OC(C)(C)C)CC3)cc2N(C(=O)OC(C)(C)C)c2nccc(Cl)c21. The smallest absolute Gasteiger partial charge is 0.420 e. The Morgan fingerprint density at radius 3 is 2.35 bits per heavy atom. The first kappa shape index (κ1) is 26.8. The Bertz CT molecular complexity index is 1250. The number of ether oxygens (including phenoxy) is 3. The zero-order valence-corrected chi connectivity index (χ0v) is 23.2. The minimum atomic E-state index is -0.719. The molecule has 2 amide bonds. The second-order valence-corrected chi connectivity index (χ2v) is 11.6. The number of benzene rings is 1. The summed E-state index contributed by atoms with van der Waals surface area (Å²) < 4.78 is 17.5. The number of aromatic nitrogens is 1. The lowest BCUT2D eigenvalue weighted by atomic mass is 9.98. The van der Waals surface area contributed by atoms with Gasteiger partial charge in [0.15, 0.2) is 5.82 Å². The van der Waals surface area contributed by atoms with Gasteiger partial charge in [0, 0.05) is 19.3 Å². The summed E-state index contributed by atoms with van der Waals surface area (Å²) in [5, 5.41) is 0.455. The fraction of sp³-hybridized carbons (Fsp3) is 0.464. The van der Waals surface area contributed by atoms with Crippen LogP contribution in [0.1, 0.15) is 72.1 Å². The zero-order valence-electron chi connectivity index (χ0n) is 22.4. The van der Waals surface area contributed by atoms with E-state index in [0.717, 1.165) is 11.1 Å². The third-order valence-electron chi connectivity index (χ3n) is 5.85. The van der Waals surface area contributed by atoms with E-state index in [0.29, 0.717) is 47.4 Å². The van der Waals surface area contributed by atoms with Crippen LogP contribution in [0.3, 0.4) is 0 Å². The van der Waals surface area contributed by atoms with Gasteiger partial charge in [0.05, 0.1) is 16.3 Å². The van der Waals surface area contributed by atoms with E-state index in [4.69, 9.17) is 25.8 Å². The van der Waals surface area contributed by atoms with Crippen LogP contribution in [0, 0.1) is 0 Å². The molecule has 8 nitrogen and oxygen atoms in total. The van der Waals surface area contributed by atoms with Crippen LogP contribution in [0.2, 0.25) is 5.02 Å². The van der Waals surface area contributed by atoms with Crippen molar-refractivity contribution in [3.8, 4) is 5.75 Å². The van der Waals surface area contributed by atoms with Crippen molar-refractivity contribution in [2.24, 2.45) is 0 Å². The highest BCUT2D eigenvalue weighted by Crippen LogP contribution is 2.46. The molecule has 1 unspecified atom stereocenters. The van der Waals surface area contributed by atoms with Crippen LogP contribution < -0.4 is 9.64 Å². The monoisotopic (exact) mass is 527 g/mol. The van der Waals surface area contributed by atoms with Crippen LogP contribution in [0.15, 0.2) is 36.5 Å². The molecular weight excluding hydrogens is 494 g/mol. The summed E-state index contributed by atoms with van der Waals surface area (Å²) in [4.78, 5) is 33.6. The zero-order chi connectivity index (χ0) is 27.1. The molecule has 37 heavy (non-hydrogen) atoms. The molecule has 0 spiro atoms. The molecule has 2 aromatic rings. The van der Waals surface area contributed by atoms with Crippen LogP contribution in [0.5, 0.6) is 5.75 Å². The van der Waals surface area contributed by atoms with Crippen LogP contribution in [-0.4, -0.2) is 46.4 Å². The van der Waals surface area contributed by atoms with E-state index in [1.807, 2.05) is 72.7 Å². The van der Waals surface area contributed by atoms with Gasteiger partial charge in [0.1, 0.15) is 23.1 Å². The molecule has 0 aliphatic carbocycles. The Morgan fingerprint density at radius 2 is 1.73 bits per heavy atom. The summed E-state index contributed by atoms with van der Waals surface area (Å²) in [5.74, 6) is 0.891. The standard InChI is InChI=1S/C28H34ClN3O5/c1-17-23-20(29)10-13-30-24(23)32(26(34)37-28(5,6)7)21-16-19(8-9-22(21)35-17)18-11-14-31(15-12-18)25(33)36-27(2,3)4/h8-11,13,16-17H,12,14-15H2,1-7H3. The highest BCUT2D eigenvalue weighted by molar-refractivity contribution is 6.32. The van der Waals surface area contributed by atoms with E-state index in [2.05, 4.69) is 4.98 Å². The third kappa shape index (κ3) is 6.01. The number of nitrogens with zero attached hydrogens (tertiary/aromatic N) is 3. The van der Waals surface area contributed by atoms with Gasteiger partial charge in [-0.1, -0.05) is 23.7 Å². The Balaban J connectivity index is 1.72. The first-order valence-electron chi connectivity index (χ1n) is 12.4. The van der Waals surface area contributed by atoms with Gasteiger partial charge >= 0.3 is 12.2 Å². The molecule has 0 fully saturated rings. The molecule has 1 aromatic heterocycles. The van der Waals surface area contributed by atoms with Crippen molar-refractivity contribution >= 4 is 40.9 Å². The fourth-order valence-electron chi connectivity index (χ4n) is 4.26. The van der Waals surface area contributed by atoms with E-state index in [1.165, 1.54) is 4.90 Å². The molecule has 0 saturated carbocycles. The highest BCUT2D eigenvalue weighted by atomic mass is 35.5. The molecule has 2 aliphatic rings. The van der Waals surface area contributed by atoms with Crippen molar-refractivity contribution in [3.63, 3.8) is 0 Å². The average Bonchev–Trinajstić information content (AvgIpc) is 2.90. The molecule has 0 radical (unpaired) electrons. The van der Waals surface area contributed by atoms with Gasteiger partial charge in [-0.05, 0) is 84.2 Å². The Kier molecular flexibility index (Phi) is 7.16. The molecule has 3 heterocycles. The molecule has 0 saturated heterocycles. The van der Waals surface area contributed by atoms with Crippen molar-refractivity contribution in [2.45, 2.75) is 72.2 Å². The number of anilines is 2. The van der Waals surface area contributed by atoms with Crippen LogP contribution in [0.25, 0.3) is 5.57 Å². The Hall–Kier alpha value is -3.26. The van der Waals surface area contributed by atoms with E-state index in [9.17, 15) is 9.59 Å². The Labute approximate surface area is 223 Å². The van der Waals surface area contributed by atoms with Gasteiger partial charge in [0.2, 0.25) is 0 Å². The number of rotatable bonds is 1. The molecule has 2 aliphatic heterocycles. The molecule has 4 rings (SSSR count). The number of hydrogen-bond donors (Lipinski definition) is 0. The number of halogens is 1. The number of amides is 2. The second kappa shape index (κ2) is 9.89. The van der Waals surface area contributed by atoms with Crippen molar-refractivity contribution in [1.82, 2.24) is 9.88 Å². The van der Waals surface area contributed by atoms with Crippen LogP contribution in [-0.2, 0) is 9.47 Å². The molecule has 9 heteroatoms. The second-order valence-electron chi connectivity index (χ2n) is 11.2. The maximum absolute atomic E-state index is 13.5. The minimum Gasteiger partial charge on any atom is -0.484 e. The first-order valence-corrected chi connectivity index (χ1v) is 12.8. The van der Waals surface area contributed by atoms with Crippen LogP contribution in [0.4, 0.5) is 21.1 Å². The maximum Gasteiger partial charge on any atom is 0.420 e. The molecule has 1 atom stereocenters. The molecule has 0 bridgehead atoms. The topological polar surface area (TPSA) is 81.2 Å². The summed E-state index contributed by atoms with van der Waals surface area (Å²) >= 11 is 6.54. The van der Waals surface area contributed by atoms with E-state index in [1.54, 1.807) is 17.2 Å². The lowest BCUT2D eigenvalue weighted by Crippen LogP contribution is -2.39. The Morgan fingerprint density at radius 1 is 1.05 bits per heavy atom. The summed E-state index contributed by atoms with van der Waals surface area (Å²) in [6, 6.07) is 7.38.